The van der Waals surface area contributed by atoms with Crippen molar-refractivity contribution >= 4 is 18.1 Å². The van der Waals surface area contributed by atoms with Gasteiger partial charge in [-0.2, -0.15) is 0 Å². The van der Waals surface area contributed by atoms with Gasteiger partial charge in [-0.25, -0.2) is 0 Å². The van der Waals surface area contributed by atoms with Crippen LogP contribution in [0.4, 0.5) is 0 Å². The number of aldehydes is 1. The SMILES string of the molecule is CNC(=O)[C@@H](N)CCC(=O)NCC=O. The van der Waals surface area contributed by atoms with E-state index >= 15 is 0 Å². The molecule has 6 heteroatoms. The number of carbonyl (C=O) groups is 3. The largest absolute Gasteiger partial charge is 0.358 e. The van der Waals surface area contributed by atoms with Crippen molar-refractivity contribution in [1.29, 1.82) is 0 Å². The minimum Gasteiger partial charge on any atom is -0.358 e. The van der Waals surface area contributed by atoms with Gasteiger partial charge in [-0.1, -0.05) is 0 Å². The van der Waals surface area contributed by atoms with Crippen molar-refractivity contribution in [3.8, 4) is 0 Å². The first-order valence-corrected chi connectivity index (χ1v) is 4.29. The van der Waals surface area contributed by atoms with Crippen LogP contribution in [0.1, 0.15) is 12.8 Å². The van der Waals surface area contributed by atoms with Crippen LogP contribution in [0.2, 0.25) is 0 Å². The number of likely N-dealkylation sites (N-methyl/N-ethyl adjacent to an activating group) is 1. The summed E-state index contributed by atoms with van der Waals surface area (Å²) in [5.74, 6) is -0.579. The topological polar surface area (TPSA) is 101 Å². The third-order valence-electron chi connectivity index (χ3n) is 1.65. The summed E-state index contributed by atoms with van der Waals surface area (Å²) in [5.41, 5.74) is 5.44. The minimum absolute atomic E-state index is 0.00591. The molecule has 0 aliphatic rings. The lowest BCUT2D eigenvalue weighted by atomic mass is 10.1. The highest BCUT2D eigenvalue weighted by atomic mass is 16.2. The van der Waals surface area contributed by atoms with Crippen molar-refractivity contribution in [1.82, 2.24) is 10.6 Å². The summed E-state index contributed by atoms with van der Waals surface area (Å²) in [6.45, 7) is -0.00591. The Bertz CT molecular complexity index is 218. The first kappa shape index (κ1) is 12.6. The fraction of sp³-hybridized carbons (Fsp3) is 0.625. The number of nitrogens with two attached hydrogens (primary N) is 1. The molecule has 1 atom stereocenters. The number of carbonyl (C=O) groups excluding carboxylic acids is 3. The van der Waals surface area contributed by atoms with Crippen LogP contribution < -0.4 is 16.4 Å². The van der Waals surface area contributed by atoms with Gasteiger partial charge in [-0.15, -0.1) is 0 Å². The Hall–Kier alpha value is -1.43. The van der Waals surface area contributed by atoms with Crippen molar-refractivity contribution in [2.24, 2.45) is 5.73 Å². The molecule has 0 rings (SSSR count). The quantitative estimate of drug-likeness (QED) is 0.439. The van der Waals surface area contributed by atoms with Crippen LogP contribution in [-0.4, -0.2) is 37.7 Å². The molecule has 0 radical (unpaired) electrons. The van der Waals surface area contributed by atoms with Crippen molar-refractivity contribution in [3.63, 3.8) is 0 Å². The van der Waals surface area contributed by atoms with Gasteiger partial charge in [0, 0.05) is 13.5 Å². The van der Waals surface area contributed by atoms with Crippen LogP contribution in [0.5, 0.6) is 0 Å². The molecule has 0 spiro atoms. The maximum atomic E-state index is 11.0. The normalized spacial score (nSPS) is 11.6. The van der Waals surface area contributed by atoms with Gasteiger partial charge in [0.2, 0.25) is 11.8 Å². The zero-order chi connectivity index (χ0) is 11.0. The molecule has 0 unspecified atom stereocenters. The fourth-order valence-corrected chi connectivity index (χ4v) is 0.847. The smallest absolute Gasteiger partial charge is 0.236 e. The summed E-state index contributed by atoms with van der Waals surface area (Å²) in [4.78, 5) is 31.8. The average molecular weight is 201 g/mol. The van der Waals surface area contributed by atoms with Gasteiger partial charge in [0.25, 0.3) is 0 Å². The molecule has 0 saturated heterocycles. The predicted molar refractivity (Wildman–Crippen MR) is 50.3 cm³/mol. The summed E-state index contributed by atoms with van der Waals surface area (Å²) in [5, 5.41) is 4.73. The van der Waals surface area contributed by atoms with Gasteiger partial charge < -0.3 is 21.2 Å². The van der Waals surface area contributed by atoms with Crippen LogP contribution in [0.3, 0.4) is 0 Å². The standard InChI is InChI=1S/C8H15N3O3/c1-10-8(14)6(9)2-3-7(13)11-4-5-12/h5-6H,2-4,9H2,1H3,(H,10,14)(H,11,13)/t6-/m0/s1. The third kappa shape index (κ3) is 5.26. The van der Waals surface area contributed by atoms with E-state index < -0.39 is 6.04 Å². The maximum absolute atomic E-state index is 11.0. The molecule has 0 aliphatic heterocycles. The second-order valence-corrected chi connectivity index (χ2v) is 2.73. The number of hydrogen-bond acceptors (Lipinski definition) is 4. The maximum Gasteiger partial charge on any atom is 0.236 e. The fourth-order valence-electron chi connectivity index (χ4n) is 0.847. The Labute approximate surface area is 82.2 Å². The van der Waals surface area contributed by atoms with Crippen molar-refractivity contribution < 1.29 is 14.4 Å². The predicted octanol–water partition coefficient (Wildman–Crippen LogP) is -1.84. The Balaban J connectivity index is 3.65. The highest BCUT2D eigenvalue weighted by Crippen LogP contribution is 1.94. The molecular formula is C8H15N3O3. The molecule has 0 aromatic heterocycles. The van der Waals surface area contributed by atoms with Crippen molar-refractivity contribution in [2.75, 3.05) is 13.6 Å². The van der Waals surface area contributed by atoms with Crippen LogP contribution in [0.15, 0.2) is 0 Å². The second-order valence-electron chi connectivity index (χ2n) is 2.73. The van der Waals surface area contributed by atoms with Gasteiger partial charge in [-0.3, -0.25) is 9.59 Å². The highest BCUT2D eigenvalue weighted by Gasteiger charge is 2.12. The van der Waals surface area contributed by atoms with E-state index in [2.05, 4.69) is 10.6 Å². The van der Waals surface area contributed by atoms with Crippen molar-refractivity contribution in [2.45, 2.75) is 18.9 Å². The van der Waals surface area contributed by atoms with E-state index in [0.29, 0.717) is 6.29 Å². The van der Waals surface area contributed by atoms with Gasteiger partial charge in [-0.05, 0) is 6.42 Å². The summed E-state index contributed by atoms with van der Waals surface area (Å²) in [6.07, 6.45) is 1.00. The number of nitrogens with one attached hydrogen (secondary N) is 2. The molecule has 0 heterocycles. The lowest BCUT2D eigenvalue weighted by Gasteiger charge is -2.08. The molecule has 4 N–H and O–H groups in total. The molecule has 80 valence electrons. The lowest BCUT2D eigenvalue weighted by Crippen LogP contribution is -2.39. The Morgan fingerprint density at radius 3 is 2.64 bits per heavy atom. The van der Waals surface area contributed by atoms with E-state index in [-0.39, 0.29) is 31.2 Å². The lowest BCUT2D eigenvalue weighted by molar-refractivity contribution is -0.124. The van der Waals surface area contributed by atoms with Crippen molar-refractivity contribution in [3.05, 3.63) is 0 Å². The zero-order valence-corrected chi connectivity index (χ0v) is 8.08. The van der Waals surface area contributed by atoms with Crippen LogP contribution in [0.25, 0.3) is 0 Å². The van der Waals surface area contributed by atoms with E-state index in [1.165, 1.54) is 7.05 Å². The first-order valence-electron chi connectivity index (χ1n) is 4.29. The van der Waals surface area contributed by atoms with E-state index in [4.69, 9.17) is 5.73 Å². The van der Waals surface area contributed by atoms with E-state index in [1.807, 2.05) is 0 Å². The third-order valence-corrected chi connectivity index (χ3v) is 1.65. The molecule has 0 aromatic carbocycles. The first-order chi connectivity index (χ1) is 6.61. The van der Waals surface area contributed by atoms with Gasteiger partial charge in [0.05, 0.1) is 12.6 Å². The van der Waals surface area contributed by atoms with Crippen LogP contribution in [0, 0.1) is 0 Å². The summed E-state index contributed by atoms with van der Waals surface area (Å²) in [6, 6.07) is -0.679. The molecular weight excluding hydrogens is 186 g/mol. The van der Waals surface area contributed by atoms with Gasteiger partial charge in [0.15, 0.2) is 0 Å². The van der Waals surface area contributed by atoms with Gasteiger partial charge in [0.1, 0.15) is 6.29 Å². The molecule has 2 amide bonds. The number of hydrogen-bond donors (Lipinski definition) is 3. The minimum atomic E-state index is -0.679. The highest BCUT2D eigenvalue weighted by molar-refractivity contribution is 5.83. The van der Waals surface area contributed by atoms with Crippen LogP contribution in [-0.2, 0) is 14.4 Å². The Kier molecular flexibility index (Phi) is 6.30. The Morgan fingerprint density at radius 2 is 2.14 bits per heavy atom. The molecule has 0 fully saturated rings. The summed E-state index contributed by atoms with van der Waals surface area (Å²) < 4.78 is 0. The Morgan fingerprint density at radius 1 is 1.50 bits per heavy atom. The van der Waals surface area contributed by atoms with E-state index in [9.17, 15) is 14.4 Å². The van der Waals surface area contributed by atoms with E-state index in [1.54, 1.807) is 0 Å². The summed E-state index contributed by atoms with van der Waals surface area (Å²) >= 11 is 0. The monoisotopic (exact) mass is 201 g/mol. The molecule has 0 bridgehead atoms. The van der Waals surface area contributed by atoms with E-state index in [0.717, 1.165) is 0 Å². The number of rotatable bonds is 6. The average Bonchev–Trinajstić information content (AvgIpc) is 2.21. The zero-order valence-electron chi connectivity index (χ0n) is 8.08. The number of amides is 2. The molecule has 0 aliphatic carbocycles. The van der Waals surface area contributed by atoms with Crippen LogP contribution >= 0.6 is 0 Å². The second kappa shape index (κ2) is 7.02. The molecule has 0 saturated carbocycles. The molecule has 6 nitrogen and oxygen atoms in total. The van der Waals surface area contributed by atoms with Gasteiger partial charge >= 0.3 is 0 Å². The summed E-state index contributed by atoms with van der Waals surface area (Å²) in [7, 11) is 1.48. The molecule has 14 heavy (non-hydrogen) atoms. The molecule has 0 aromatic rings.